The summed E-state index contributed by atoms with van der Waals surface area (Å²) >= 11 is 0. The van der Waals surface area contributed by atoms with Gasteiger partial charge in [-0.1, -0.05) is 30.3 Å². The lowest BCUT2D eigenvalue weighted by Gasteiger charge is -2.28. The fourth-order valence-corrected chi connectivity index (χ4v) is 2.05. The molecule has 1 N–H and O–H groups in total. The van der Waals surface area contributed by atoms with E-state index >= 15 is 0 Å². The third-order valence-corrected chi connectivity index (χ3v) is 3.31. The van der Waals surface area contributed by atoms with Crippen LogP contribution in [0.5, 0.6) is 0 Å². The molecule has 0 spiro atoms. The lowest BCUT2D eigenvalue weighted by molar-refractivity contribution is -0.147. The van der Waals surface area contributed by atoms with Crippen molar-refractivity contribution in [2.45, 2.75) is 45.3 Å². The summed E-state index contributed by atoms with van der Waals surface area (Å²) in [6.07, 6.45) is 1.89. The Labute approximate surface area is 127 Å². The van der Waals surface area contributed by atoms with Gasteiger partial charge < -0.3 is 9.84 Å². The molecule has 4 heteroatoms. The molecule has 0 aliphatic heterocycles. The molecule has 0 fully saturated rings. The molecule has 0 aliphatic rings. The van der Waals surface area contributed by atoms with Crippen LogP contribution >= 0.6 is 0 Å². The topological polar surface area (TPSA) is 49.8 Å². The molecule has 0 bridgehead atoms. The van der Waals surface area contributed by atoms with Crippen LogP contribution in [0.3, 0.4) is 0 Å². The van der Waals surface area contributed by atoms with Gasteiger partial charge in [-0.25, -0.2) is 0 Å². The minimum absolute atomic E-state index is 0.209. The molecule has 0 amide bonds. The lowest BCUT2D eigenvalue weighted by Crippen LogP contribution is -2.44. The molecular weight excluding hydrogens is 266 g/mol. The van der Waals surface area contributed by atoms with E-state index in [0.29, 0.717) is 0 Å². The molecule has 4 nitrogen and oxygen atoms in total. The highest BCUT2D eigenvalue weighted by molar-refractivity contribution is 5.73. The van der Waals surface area contributed by atoms with Gasteiger partial charge in [0.05, 0.1) is 12.2 Å². The van der Waals surface area contributed by atoms with Crippen LogP contribution in [-0.2, 0) is 16.0 Å². The van der Waals surface area contributed by atoms with Gasteiger partial charge in [0.2, 0.25) is 0 Å². The number of nitrogens with zero attached hydrogens (tertiary/aromatic N) is 1. The van der Waals surface area contributed by atoms with Gasteiger partial charge in [0.25, 0.3) is 0 Å². The van der Waals surface area contributed by atoms with Crippen LogP contribution in [0.1, 0.15) is 32.8 Å². The van der Waals surface area contributed by atoms with Crippen LogP contribution < -0.4 is 0 Å². The number of hydrogen-bond donors (Lipinski definition) is 1. The zero-order valence-corrected chi connectivity index (χ0v) is 13.5. The van der Waals surface area contributed by atoms with Crippen molar-refractivity contribution in [3.63, 3.8) is 0 Å². The van der Waals surface area contributed by atoms with E-state index in [1.165, 1.54) is 5.56 Å². The van der Waals surface area contributed by atoms with Gasteiger partial charge in [-0.3, -0.25) is 9.69 Å². The number of hydrogen-bond acceptors (Lipinski definition) is 3. The third kappa shape index (κ3) is 7.25. The van der Waals surface area contributed by atoms with Crippen molar-refractivity contribution in [1.82, 2.24) is 4.90 Å². The first-order chi connectivity index (χ1) is 9.79. The molecule has 118 valence electrons. The molecule has 0 radical (unpaired) electrons. The second-order valence-electron chi connectivity index (χ2n) is 6.35. The summed E-state index contributed by atoms with van der Waals surface area (Å²) in [4.78, 5) is 13.2. The maximum absolute atomic E-state index is 11.4. The summed E-state index contributed by atoms with van der Waals surface area (Å²) in [5, 5.41) is 9.34. The number of rotatable bonds is 8. The highest BCUT2D eigenvalue weighted by Crippen LogP contribution is 2.10. The van der Waals surface area contributed by atoms with E-state index in [0.717, 1.165) is 19.4 Å². The van der Waals surface area contributed by atoms with Crippen molar-refractivity contribution in [3.05, 3.63) is 35.9 Å². The third-order valence-electron chi connectivity index (χ3n) is 3.31. The van der Waals surface area contributed by atoms with Crippen LogP contribution in [0.25, 0.3) is 0 Å². The fraction of sp³-hybridized carbons (Fsp3) is 0.588. The van der Waals surface area contributed by atoms with Crippen molar-refractivity contribution in [2.75, 3.05) is 20.2 Å². The summed E-state index contributed by atoms with van der Waals surface area (Å²) in [6.45, 7) is 6.74. The summed E-state index contributed by atoms with van der Waals surface area (Å²) in [6, 6.07) is 9.64. The molecule has 1 unspecified atom stereocenters. The Morgan fingerprint density at radius 1 is 1.29 bits per heavy atom. The van der Waals surface area contributed by atoms with Crippen molar-refractivity contribution < 1.29 is 14.6 Å². The molecule has 1 aromatic carbocycles. The fourth-order valence-electron chi connectivity index (χ4n) is 2.05. The van der Waals surface area contributed by atoms with Crippen LogP contribution in [0, 0.1) is 0 Å². The zero-order valence-electron chi connectivity index (χ0n) is 13.5. The summed E-state index contributed by atoms with van der Waals surface area (Å²) in [5.41, 5.74) is 0.960. The normalized spacial score (nSPS) is 13.4. The van der Waals surface area contributed by atoms with Crippen molar-refractivity contribution in [1.29, 1.82) is 0 Å². The number of ether oxygens (including phenoxy) is 1. The van der Waals surface area contributed by atoms with Gasteiger partial charge in [0.1, 0.15) is 6.04 Å². The molecule has 0 heterocycles. The minimum Gasteiger partial charge on any atom is -0.480 e. The van der Waals surface area contributed by atoms with Gasteiger partial charge >= 0.3 is 5.97 Å². The number of aliphatic carboxylic acids is 1. The van der Waals surface area contributed by atoms with E-state index in [1.54, 1.807) is 0 Å². The van der Waals surface area contributed by atoms with E-state index < -0.39 is 12.0 Å². The molecule has 21 heavy (non-hydrogen) atoms. The van der Waals surface area contributed by atoms with Gasteiger partial charge in [0.15, 0.2) is 0 Å². The summed E-state index contributed by atoms with van der Waals surface area (Å²) in [7, 11) is 1.84. The SMILES string of the molecule is CN(CCCc1ccccc1)C(COC(C)(C)C)C(=O)O. The average Bonchev–Trinajstić information content (AvgIpc) is 2.38. The second-order valence-corrected chi connectivity index (χ2v) is 6.35. The van der Waals surface area contributed by atoms with E-state index in [4.69, 9.17) is 4.74 Å². The standard InChI is InChI=1S/C17H27NO3/c1-17(2,3)21-13-15(16(19)20)18(4)12-8-11-14-9-6-5-7-10-14/h5-7,9-10,15H,8,11-13H2,1-4H3,(H,19,20). The average molecular weight is 293 g/mol. The minimum atomic E-state index is -0.832. The molecule has 1 rings (SSSR count). The van der Waals surface area contributed by atoms with Crippen molar-refractivity contribution >= 4 is 5.97 Å². The predicted octanol–water partition coefficient (Wildman–Crippen LogP) is 2.82. The maximum atomic E-state index is 11.4. The summed E-state index contributed by atoms with van der Waals surface area (Å²) < 4.78 is 5.62. The van der Waals surface area contributed by atoms with E-state index in [1.807, 2.05) is 50.9 Å². The van der Waals surface area contributed by atoms with Gasteiger partial charge in [0, 0.05) is 0 Å². The van der Waals surface area contributed by atoms with Crippen LogP contribution in [0.2, 0.25) is 0 Å². The molecule has 1 aromatic rings. The number of benzene rings is 1. The largest absolute Gasteiger partial charge is 0.480 e. The number of carbonyl (C=O) groups is 1. The number of carboxylic acids is 1. The molecule has 0 saturated heterocycles. The van der Waals surface area contributed by atoms with E-state index in [9.17, 15) is 9.90 Å². The molecular formula is C17H27NO3. The number of likely N-dealkylation sites (N-methyl/N-ethyl adjacent to an activating group) is 1. The van der Waals surface area contributed by atoms with Crippen LogP contribution in [0.4, 0.5) is 0 Å². The Balaban J connectivity index is 2.42. The second kappa shape index (κ2) is 8.15. The zero-order chi connectivity index (χ0) is 15.9. The maximum Gasteiger partial charge on any atom is 0.323 e. The highest BCUT2D eigenvalue weighted by atomic mass is 16.5. The Morgan fingerprint density at radius 2 is 1.90 bits per heavy atom. The Morgan fingerprint density at radius 3 is 2.43 bits per heavy atom. The van der Waals surface area contributed by atoms with Crippen LogP contribution in [-0.4, -0.2) is 47.8 Å². The molecule has 0 aliphatic carbocycles. The lowest BCUT2D eigenvalue weighted by atomic mass is 10.1. The van der Waals surface area contributed by atoms with Gasteiger partial charge in [-0.2, -0.15) is 0 Å². The Hall–Kier alpha value is -1.39. The number of aryl methyl sites for hydroxylation is 1. The van der Waals surface area contributed by atoms with E-state index in [-0.39, 0.29) is 12.2 Å². The van der Waals surface area contributed by atoms with Gasteiger partial charge in [-0.05, 0) is 52.8 Å². The summed E-state index contributed by atoms with van der Waals surface area (Å²) in [5.74, 6) is -0.832. The first-order valence-electron chi connectivity index (χ1n) is 7.40. The number of carboxylic acid groups (broad SMARTS) is 1. The quantitative estimate of drug-likeness (QED) is 0.800. The first-order valence-corrected chi connectivity index (χ1v) is 7.40. The van der Waals surface area contributed by atoms with E-state index in [2.05, 4.69) is 12.1 Å². The molecule has 1 atom stereocenters. The van der Waals surface area contributed by atoms with Crippen molar-refractivity contribution in [2.24, 2.45) is 0 Å². The Bertz CT molecular complexity index is 425. The Kier molecular flexibility index (Phi) is 6.85. The van der Waals surface area contributed by atoms with Crippen molar-refractivity contribution in [3.8, 4) is 0 Å². The molecule has 0 aromatic heterocycles. The predicted molar refractivity (Wildman–Crippen MR) is 84.5 cm³/mol. The monoisotopic (exact) mass is 293 g/mol. The highest BCUT2D eigenvalue weighted by Gasteiger charge is 2.25. The van der Waals surface area contributed by atoms with Crippen LogP contribution in [0.15, 0.2) is 30.3 Å². The molecule has 0 saturated carbocycles. The van der Waals surface area contributed by atoms with Gasteiger partial charge in [-0.15, -0.1) is 0 Å². The smallest absolute Gasteiger partial charge is 0.323 e. The first kappa shape index (κ1) is 17.7.